The molecular formula is C25H31F3N6O4. The summed E-state index contributed by atoms with van der Waals surface area (Å²) >= 11 is 0. The molecule has 0 aliphatic carbocycles. The van der Waals surface area contributed by atoms with Crippen molar-refractivity contribution in [3.8, 4) is 0 Å². The van der Waals surface area contributed by atoms with Gasteiger partial charge in [-0.25, -0.2) is 9.59 Å². The number of alkyl halides is 3. The van der Waals surface area contributed by atoms with Crippen molar-refractivity contribution in [1.29, 1.82) is 0 Å². The fourth-order valence-electron chi connectivity index (χ4n) is 4.16. The van der Waals surface area contributed by atoms with Crippen molar-refractivity contribution in [2.24, 2.45) is 0 Å². The number of rotatable bonds is 9. The van der Waals surface area contributed by atoms with E-state index in [-0.39, 0.29) is 31.4 Å². The van der Waals surface area contributed by atoms with Crippen molar-refractivity contribution in [3.63, 3.8) is 0 Å². The largest absolute Gasteiger partial charge is 0.465 e. The number of fused-ring (bicyclic) bond motifs is 1. The molecule has 3 rings (SSSR count). The molecule has 1 aromatic carbocycles. The average Bonchev–Trinajstić information content (AvgIpc) is 2.88. The second-order valence-corrected chi connectivity index (χ2v) is 8.82. The summed E-state index contributed by atoms with van der Waals surface area (Å²) in [7, 11) is 1.31. The molecule has 0 fully saturated rings. The van der Waals surface area contributed by atoms with Gasteiger partial charge < -0.3 is 30.4 Å². The lowest BCUT2D eigenvalue weighted by atomic mass is 9.98. The summed E-state index contributed by atoms with van der Waals surface area (Å²) in [5.41, 5.74) is 1.31. The molecular weight excluding hydrogens is 505 g/mol. The number of benzene rings is 1. The van der Waals surface area contributed by atoms with Gasteiger partial charge in [0.1, 0.15) is 0 Å². The highest BCUT2D eigenvalue weighted by Crippen LogP contribution is 2.31. The van der Waals surface area contributed by atoms with Gasteiger partial charge in [0.2, 0.25) is 5.91 Å². The zero-order valence-corrected chi connectivity index (χ0v) is 21.2. The van der Waals surface area contributed by atoms with E-state index < -0.39 is 30.3 Å². The Balaban J connectivity index is 1.75. The van der Waals surface area contributed by atoms with Crippen LogP contribution in [0.2, 0.25) is 0 Å². The molecule has 0 atom stereocenters. The minimum atomic E-state index is -4.65. The molecule has 0 radical (unpaired) electrons. The minimum absolute atomic E-state index is 0.0916. The van der Waals surface area contributed by atoms with Crippen molar-refractivity contribution in [2.75, 3.05) is 45.1 Å². The highest BCUT2D eigenvalue weighted by atomic mass is 19.4. The number of amides is 4. The number of carboxylic acid groups (broad SMARTS) is 1. The molecule has 10 nitrogen and oxygen atoms in total. The molecule has 38 heavy (non-hydrogen) atoms. The van der Waals surface area contributed by atoms with Gasteiger partial charge in [-0.1, -0.05) is 12.1 Å². The van der Waals surface area contributed by atoms with Crippen LogP contribution in [0, 0.1) is 0 Å². The third-order valence-corrected chi connectivity index (χ3v) is 6.23. The Morgan fingerprint density at radius 3 is 2.61 bits per heavy atom. The van der Waals surface area contributed by atoms with E-state index in [0.717, 1.165) is 27.0 Å². The van der Waals surface area contributed by atoms with E-state index in [9.17, 15) is 27.6 Å². The first-order chi connectivity index (χ1) is 18.0. The molecule has 2 heterocycles. The molecule has 13 heteroatoms. The number of hydrogen-bond acceptors (Lipinski definition) is 5. The van der Waals surface area contributed by atoms with Gasteiger partial charge in [-0.3, -0.25) is 9.78 Å². The van der Waals surface area contributed by atoms with Gasteiger partial charge in [0.15, 0.2) is 0 Å². The van der Waals surface area contributed by atoms with Crippen LogP contribution in [0.5, 0.6) is 0 Å². The Bertz CT molecular complexity index is 1160. The smallest absolute Gasteiger partial charge is 0.418 e. The maximum absolute atomic E-state index is 13.5. The topological polar surface area (TPSA) is 118 Å². The Kier molecular flexibility index (Phi) is 9.37. The van der Waals surface area contributed by atoms with Crippen LogP contribution in [0.25, 0.3) is 0 Å². The summed E-state index contributed by atoms with van der Waals surface area (Å²) in [6, 6.07) is 7.42. The third kappa shape index (κ3) is 7.26. The van der Waals surface area contributed by atoms with Crippen molar-refractivity contribution in [3.05, 3.63) is 58.9 Å². The number of anilines is 1. The number of halogens is 3. The fraction of sp³-hybridized carbons (Fsp3) is 0.440. The maximum Gasteiger partial charge on any atom is 0.418 e. The Labute approximate surface area is 218 Å². The van der Waals surface area contributed by atoms with E-state index in [4.69, 9.17) is 5.11 Å². The summed E-state index contributed by atoms with van der Waals surface area (Å²) < 4.78 is 40.5. The predicted octanol–water partition coefficient (Wildman–Crippen LogP) is 3.24. The lowest BCUT2D eigenvalue weighted by Gasteiger charge is -2.30. The van der Waals surface area contributed by atoms with Crippen LogP contribution in [0.3, 0.4) is 0 Å². The molecule has 4 amide bonds. The molecule has 2 aromatic rings. The second kappa shape index (κ2) is 12.5. The molecule has 0 spiro atoms. The summed E-state index contributed by atoms with van der Waals surface area (Å²) in [5, 5.41) is 15.0. The predicted molar refractivity (Wildman–Crippen MR) is 133 cm³/mol. The van der Waals surface area contributed by atoms with Gasteiger partial charge in [-0.2, -0.15) is 13.2 Å². The fourth-order valence-corrected chi connectivity index (χ4v) is 4.16. The van der Waals surface area contributed by atoms with E-state index >= 15 is 0 Å². The zero-order valence-electron chi connectivity index (χ0n) is 21.2. The first-order valence-electron chi connectivity index (χ1n) is 12.1. The van der Waals surface area contributed by atoms with Gasteiger partial charge >= 0.3 is 18.3 Å². The minimum Gasteiger partial charge on any atom is -0.465 e. The molecule has 0 bridgehead atoms. The van der Waals surface area contributed by atoms with Crippen LogP contribution < -0.4 is 10.6 Å². The summed E-state index contributed by atoms with van der Waals surface area (Å²) in [4.78, 5) is 44.2. The Morgan fingerprint density at radius 1 is 1.16 bits per heavy atom. The van der Waals surface area contributed by atoms with Gasteiger partial charge in [0, 0.05) is 51.7 Å². The number of carbonyl (C=O) groups is 3. The second-order valence-electron chi connectivity index (χ2n) is 8.82. The maximum atomic E-state index is 13.5. The molecule has 1 aliphatic rings. The first-order valence-corrected chi connectivity index (χ1v) is 12.1. The van der Waals surface area contributed by atoms with Crippen LogP contribution in [0.1, 0.15) is 29.3 Å². The lowest BCUT2D eigenvalue weighted by Crippen LogP contribution is -2.43. The van der Waals surface area contributed by atoms with Crippen LogP contribution >= 0.6 is 0 Å². The monoisotopic (exact) mass is 536 g/mol. The first kappa shape index (κ1) is 28.5. The van der Waals surface area contributed by atoms with Gasteiger partial charge in [0.25, 0.3) is 0 Å². The van der Waals surface area contributed by atoms with Crippen molar-refractivity contribution in [2.45, 2.75) is 32.6 Å². The molecule has 3 N–H and O–H groups in total. The van der Waals surface area contributed by atoms with E-state index in [1.54, 1.807) is 17.0 Å². The van der Waals surface area contributed by atoms with Gasteiger partial charge in [-0.05, 0) is 42.7 Å². The number of pyridine rings is 1. The van der Waals surface area contributed by atoms with Gasteiger partial charge in [0.05, 0.1) is 24.3 Å². The number of urea groups is 1. The zero-order chi connectivity index (χ0) is 27.9. The van der Waals surface area contributed by atoms with Crippen molar-refractivity contribution < 1.29 is 32.7 Å². The number of likely N-dealkylation sites (N-methyl/N-ethyl adjacent to an activating group) is 1. The quantitative estimate of drug-likeness (QED) is 0.453. The Hall–Kier alpha value is -4.03. The number of nitrogens with zero attached hydrogens (tertiary/aromatic N) is 4. The molecule has 206 valence electrons. The number of hydrogen-bond donors (Lipinski definition) is 3. The average molecular weight is 537 g/mol. The Morgan fingerprint density at radius 2 is 1.92 bits per heavy atom. The SMILES string of the molecule is CCNC(=O)N1CCc2c(cccc2NCC(=O)N(CCN(C)C(=O)O)Cc2ncccc2C(F)(F)F)C1. The summed E-state index contributed by atoms with van der Waals surface area (Å²) in [6.45, 7) is 2.41. The van der Waals surface area contributed by atoms with Crippen LogP contribution in [-0.4, -0.2) is 82.6 Å². The molecule has 1 aromatic heterocycles. The van der Waals surface area contributed by atoms with E-state index in [1.807, 2.05) is 13.0 Å². The highest BCUT2D eigenvalue weighted by molar-refractivity contribution is 5.81. The van der Waals surface area contributed by atoms with Crippen LogP contribution in [-0.2, 0) is 30.5 Å². The number of aromatic nitrogens is 1. The van der Waals surface area contributed by atoms with E-state index in [2.05, 4.69) is 15.6 Å². The van der Waals surface area contributed by atoms with Crippen molar-refractivity contribution >= 4 is 23.7 Å². The molecule has 0 unspecified atom stereocenters. The highest BCUT2D eigenvalue weighted by Gasteiger charge is 2.34. The van der Waals surface area contributed by atoms with E-state index in [0.29, 0.717) is 31.7 Å². The van der Waals surface area contributed by atoms with Crippen molar-refractivity contribution in [1.82, 2.24) is 25.0 Å². The molecule has 1 aliphatic heterocycles. The van der Waals surface area contributed by atoms with Crippen LogP contribution in [0.15, 0.2) is 36.5 Å². The molecule has 0 saturated carbocycles. The van der Waals surface area contributed by atoms with E-state index in [1.165, 1.54) is 19.3 Å². The number of carbonyl (C=O) groups excluding carboxylic acids is 2. The standard InChI is InChI=1S/C25H31F3N6O4/c1-3-29-23(36)34-11-9-18-17(15-34)6-4-8-20(18)31-14-22(35)33(13-12-32(2)24(37)38)16-21-19(25(26,27)28)7-5-10-30-21/h4-8,10,31H,3,9,11-16H2,1-2H3,(H,29,36)(H,37,38). The third-order valence-electron chi connectivity index (χ3n) is 6.23. The summed E-state index contributed by atoms with van der Waals surface area (Å²) in [5.74, 6) is -0.514. The number of nitrogens with one attached hydrogen (secondary N) is 2. The van der Waals surface area contributed by atoms with Gasteiger partial charge in [-0.15, -0.1) is 0 Å². The normalized spacial score (nSPS) is 12.9. The summed E-state index contributed by atoms with van der Waals surface area (Å²) in [6.07, 6.45) is -4.09. The lowest BCUT2D eigenvalue weighted by molar-refractivity contribution is -0.140. The van der Waals surface area contributed by atoms with Crippen LogP contribution in [0.4, 0.5) is 28.4 Å². The molecule has 0 saturated heterocycles.